The number of ether oxygens (including phenoxy) is 3. The van der Waals surface area contributed by atoms with Crippen LogP contribution in [0.4, 0.5) is 0 Å². The summed E-state index contributed by atoms with van der Waals surface area (Å²) in [5.41, 5.74) is 2.33. The zero-order valence-electron chi connectivity index (χ0n) is 13.3. The van der Waals surface area contributed by atoms with Crippen molar-refractivity contribution in [2.75, 3.05) is 40.1 Å². The van der Waals surface area contributed by atoms with E-state index in [-0.39, 0.29) is 6.61 Å². The van der Waals surface area contributed by atoms with E-state index < -0.39 is 0 Å². The summed E-state index contributed by atoms with van der Waals surface area (Å²) in [5.74, 6) is 0.865. The molecule has 0 aliphatic rings. The molecule has 0 unspecified atom stereocenters. The van der Waals surface area contributed by atoms with Crippen molar-refractivity contribution in [3.05, 3.63) is 24.5 Å². The van der Waals surface area contributed by atoms with Gasteiger partial charge in [0.15, 0.2) is 11.0 Å². The maximum atomic E-state index is 8.60. The molecule has 0 spiro atoms. The van der Waals surface area contributed by atoms with Crippen molar-refractivity contribution in [2.45, 2.75) is 20.0 Å². The van der Waals surface area contributed by atoms with Crippen molar-refractivity contribution < 1.29 is 23.9 Å². The van der Waals surface area contributed by atoms with Crippen LogP contribution >= 0.6 is 0 Å². The Morgan fingerprint density at radius 2 is 1.91 bits per heavy atom. The van der Waals surface area contributed by atoms with E-state index in [1.807, 2.05) is 6.07 Å². The lowest BCUT2D eigenvalue weighted by Gasteiger charge is -2.03. The average Bonchev–Trinajstić information content (AvgIpc) is 2.91. The Morgan fingerprint density at radius 1 is 1.14 bits per heavy atom. The van der Waals surface area contributed by atoms with Crippen LogP contribution in [0.1, 0.15) is 6.92 Å². The first-order valence-corrected chi connectivity index (χ1v) is 7.62. The highest BCUT2D eigenvalue weighted by molar-refractivity contribution is 5.73. The summed E-state index contributed by atoms with van der Waals surface area (Å²) in [4.78, 5) is 0. The highest BCUT2D eigenvalue weighted by Gasteiger charge is 2.15. The molecule has 0 amide bonds. The molecule has 1 N–H and O–H groups in total. The first-order chi connectivity index (χ1) is 10.8. The first kappa shape index (κ1) is 16.7. The van der Waals surface area contributed by atoms with Gasteiger partial charge < -0.3 is 19.3 Å². The molecule has 6 nitrogen and oxygen atoms in total. The number of aryl methyl sites for hydroxylation is 1. The van der Waals surface area contributed by atoms with Gasteiger partial charge in [-0.25, -0.2) is 9.13 Å². The summed E-state index contributed by atoms with van der Waals surface area (Å²) in [6.07, 6.45) is 2.11. The second-order valence-electron chi connectivity index (χ2n) is 4.90. The third-order valence-electron chi connectivity index (χ3n) is 3.51. The lowest BCUT2D eigenvalue weighted by Crippen LogP contribution is -2.35. The Balaban J connectivity index is 1.93. The van der Waals surface area contributed by atoms with Gasteiger partial charge in [-0.2, -0.15) is 0 Å². The fraction of sp³-hybridized carbons (Fsp3) is 0.562. The van der Waals surface area contributed by atoms with Crippen LogP contribution in [-0.2, 0) is 22.6 Å². The van der Waals surface area contributed by atoms with E-state index in [1.54, 1.807) is 7.11 Å². The monoisotopic (exact) mass is 309 g/mol. The predicted octanol–water partition coefficient (Wildman–Crippen LogP) is 0.983. The van der Waals surface area contributed by atoms with E-state index in [1.165, 1.54) is 5.52 Å². The standard InChI is InChI=1S/C16H25N2O4/c1-3-17-13-18(6-8-21-10-11-22-9-7-19)15-5-4-14(20-2)12-16(15)17/h4-5,12-13,19H,3,6-11H2,1-2H3/q+1. The number of benzene rings is 1. The van der Waals surface area contributed by atoms with Crippen LogP contribution < -0.4 is 9.30 Å². The zero-order chi connectivity index (χ0) is 15.8. The van der Waals surface area contributed by atoms with Crippen molar-refractivity contribution in [3.8, 4) is 5.75 Å². The van der Waals surface area contributed by atoms with Crippen LogP contribution in [0.2, 0.25) is 0 Å². The number of nitrogens with zero attached hydrogens (tertiary/aromatic N) is 2. The van der Waals surface area contributed by atoms with Gasteiger partial charge in [0, 0.05) is 6.07 Å². The highest BCUT2D eigenvalue weighted by atomic mass is 16.5. The smallest absolute Gasteiger partial charge is 0.244 e. The van der Waals surface area contributed by atoms with E-state index in [0.717, 1.165) is 24.4 Å². The normalized spacial score (nSPS) is 11.2. The van der Waals surface area contributed by atoms with Crippen LogP contribution in [0.3, 0.4) is 0 Å². The topological polar surface area (TPSA) is 56.7 Å². The molecule has 0 radical (unpaired) electrons. The van der Waals surface area contributed by atoms with Gasteiger partial charge in [-0.05, 0) is 19.1 Å². The van der Waals surface area contributed by atoms with E-state index in [0.29, 0.717) is 26.4 Å². The average molecular weight is 309 g/mol. The van der Waals surface area contributed by atoms with Gasteiger partial charge in [-0.15, -0.1) is 0 Å². The van der Waals surface area contributed by atoms with Gasteiger partial charge in [-0.3, -0.25) is 0 Å². The molecule has 1 aromatic heterocycles. The summed E-state index contributed by atoms with van der Waals surface area (Å²) >= 11 is 0. The van der Waals surface area contributed by atoms with Crippen molar-refractivity contribution in [1.29, 1.82) is 0 Å². The summed E-state index contributed by atoms with van der Waals surface area (Å²) in [7, 11) is 1.68. The molecular formula is C16H25N2O4+. The molecule has 0 fully saturated rings. The Morgan fingerprint density at radius 3 is 2.59 bits per heavy atom. The second-order valence-corrected chi connectivity index (χ2v) is 4.90. The summed E-state index contributed by atoms with van der Waals surface area (Å²) < 4.78 is 20.4. The van der Waals surface area contributed by atoms with Gasteiger partial charge in [0.05, 0.1) is 46.7 Å². The molecule has 1 heterocycles. The SMILES string of the molecule is CCn1c[n+](CCOCCOCCO)c2ccc(OC)cc21. The fourth-order valence-corrected chi connectivity index (χ4v) is 2.38. The molecule has 0 atom stereocenters. The van der Waals surface area contributed by atoms with Crippen LogP contribution in [-0.4, -0.2) is 49.8 Å². The van der Waals surface area contributed by atoms with E-state index in [2.05, 4.69) is 34.5 Å². The number of imidazole rings is 1. The largest absolute Gasteiger partial charge is 0.497 e. The number of hydrogen-bond acceptors (Lipinski definition) is 4. The van der Waals surface area contributed by atoms with Gasteiger partial charge in [0.25, 0.3) is 0 Å². The predicted molar refractivity (Wildman–Crippen MR) is 83.1 cm³/mol. The molecule has 0 aliphatic carbocycles. The van der Waals surface area contributed by atoms with E-state index >= 15 is 0 Å². The zero-order valence-corrected chi connectivity index (χ0v) is 13.3. The Hall–Kier alpha value is -1.63. The summed E-state index contributed by atoms with van der Waals surface area (Å²) in [6, 6.07) is 6.10. The number of fused-ring (bicyclic) bond motifs is 1. The quantitative estimate of drug-likeness (QED) is 0.525. The van der Waals surface area contributed by atoms with Crippen molar-refractivity contribution in [1.82, 2.24) is 4.57 Å². The molecule has 1 aromatic carbocycles. The third-order valence-corrected chi connectivity index (χ3v) is 3.51. The molecule has 0 saturated heterocycles. The Labute approximate surface area is 130 Å². The second kappa shape index (κ2) is 8.73. The van der Waals surface area contributed by atoms with Crippen molar-refractivity contribution in [3.63, 3.8) is 0 Å². The van der Waals surface area contributed by atoms with E-state index in [9.17, 15) is 0 Å². The number of aliphatic hydroxyl groups is 1. The minimum absolute atomic E-state index is 0.0514. The molecule has 22 heavy (non-hydrogen) atoms. The number of aliphatic hydroxyl groups excluding tert-OH is 1. The maximum absolute atomic E-state index is 8.60. The summed E-state index contributed by atoms with van der Waals surface area (Å²) in [5, 5.41) is 8.60. The van der Waals surface area contributed by atoms with Gasteiger partial charge in [0.1, 0.15) is 12.3 Å². The van der Waals surface area contributed by atoms with Crippen LogP contribution in [0.5, 0.6) is 5.75 Å². The van der Waals surface area contributed by atoms with Gasteiger partial charge in [-0.1, -0.05) is 0 Å². The number of rotatable bonds is 10. The Kier molecular flexibility index (Phi) is 6.64. The van der Waals surface area contributed by atoms with E-state index in [4.69, 9.17) is 19.3 Å². The highest BCUT2D eigenvalue weighted by Crippen LogP contribution is 2.18. The van der Waals surface area contributed by atoms with Crippen LogP contribution in [0, 0.1) is 0 Å². The minimum Gasteiger partial charge on any atom is -0.497 e. The van der Waals surface area contributed by atoms with Gasteiger partial charge >= 0.3 is 0 Å². The molecule has 6 heteroatoms. The number of methoxy groups -OCH3 is 1. The molecular weight excluding hydrogens is 284 g/mol. The van der Waals surface area contributed by atoms with Crippen molar-refractivity contribution >= 4 is 11.0 Å². The van der Waals surface area contributed by atoms with Crippen LogP contribution in [0.15, 0.2) is 24.5 Å². The van der Waals surface area contributed by atoms with Gasteiger partial charge in [0.2, 0.25) is 6.33 Å². The lowest BCUT2D eigenvalue weighted by atomic mass is 10.3. The fourth-order valence-electron chi connectivity index (χ4n) is 2.38. The molecule has 0 bridgehead atoms. The van der Waals surface area contributed by atoms with Crippen LogP contribution in [0.25, 0.3) is 11.0 Å². The minimum atomic E-state index is 0.0514. The summed E-state index contributed by atoms with van der Waals surface area (Å²) in [6.45, 7) is 5.92. The molecule has 0 saturated carbocycles. The number of aromatic nitrogens is 2. The Bertz CT molecular complexity index is 583. The lowest BCUT2D eigenvalue weighted by molar-refractivity contribution is -0.674. The maximum Gasteiger partial charge on any atom is 0.244 e. The molecule has 2 rings (SSSR count). The molecule has 2 aromatic rings. The third kappa shape index (κ3) is 4.19. The van der Waals surface area contributed by atoms with Crippen molar-refractivity contribution in [2.24, 2.45) is 0 Å². The molecule has 0 aliphatic heterocycles. The first-order valence-electron chi connectivity index (χ1n) is 7.62. The number of hydrogen-bond donors (Lipinski definition) is 1. The molecule has 122 valence electrons.